The number of rotatable bonds is 1. The first-order chi connectivity index (χ1) is 5.20. The van der Waals surface area contributed by atoms with Crippen molar-refractivity contribution in [3.63, 3.8) is 0 Å². The van der Waals surface area contributed by atoms with Gasteiger partial charge in [0.15, 0.2) is 5.01 Å². The second-order valence-corrected chi connectivity index (χ2v) is 2.49. The van der Waals surface area contributed by atoms with Crippen molar-refractivity contribution in [2.75, 3.05) is 0 Å². The Balaban J connectivity index is 2.64. The second kappa shape index (κ2) is 3.11. The molecule has 1 aromatic heterocycles. The molecule has 0 aliphatic rings. The van der Waals surface area contributed by atoms with Crippen LogP contribution in [-0.4, -0.2) is 22.1 Å². The first-order valence-corrected chi connectivity index (χ1v) is 3.52. The van der Waals surface area contributed by atoms with E-state index in [9.17, 15) is 9.59 Å². The largest absolute Gasteiger partial charge is 0.465 e. The Hall–Kier alpha value is -1.43. The van der Waals surface area contributed by atoms with Crippen molar-refractivity contribution in [1.29, 1.82) is 0 Å². The van der Waals surface area contributed by atoms with E-state index in [1.165, 1.54) is 6.20 Å². The highest BCUT2D eigenvalue weighted by Gasteiger charge is 2.09. The summed E-state index contributed by atoms with van der Waals surface area (Å²) in [5.41, 5.74) is 0. The van der Waals surface area contributed by atoms with Gasteiger partial charge in [0.05, 0.1) is 0 Å². The summed E-state index contributed by atoms with van der Waals surface area (Å²) in [6.45, 7) is 0. The maximum atomic E-state index is 10.8. The Bertz CT molecular complexity index is 269. The lowest BCUT2D eigenvalue weighted by molar-refractivity contribution is 0.0947. The molecule has 58 valence electrons. The standard InChI is InChI=1S/C5H4N2O3S/c8-3(7-5(9)10)4-6-1-2-11-4/h1-2H,(H,7,8)(H,9,10). The van der Waals surface area contributed by atoms with Gasteiger partial charge in [-0.05, 0) is 0 Å². The Morgan fingerprint density at radius 3 is 2.82 bits per heavy atom. The first-order valence-electron chi connectivity index (χ1n) is 2.64. The van der Waals surface area contributed by atoms with E-state index in [1.807, 2.05) is 0 Å². The minimum Gasteiger partial charge on any atom is -0.465 e. The van der Waals surface area contributed by atoms with Crippen molar-refractivity contribution in [2.24, 2.45) is 0 Å². The lowest BCUT2D eigenvalue weighted by atomic mass is 10.6. The predicted octanol–water partition coefficient (Wildman–Crippen LogP) is 0.551. The Labute approximate surface area is 65.7 Å². The van der Waals surface area contributed by atoms with Crippen molar-refractivity contribution in [3.05, 3.63) is 16.6 Å². The van der Waals surface area contributed by atoms with Gasteiger partial charge in [0.2, 0.25) is 0 Å². The van der Waals surface area contributed by atoms with Crippen LogP contribution in [-0.2, 0) is 0 Å². The summed E-state index contributed by atoms with van der Waals surface area (Å²) in [4.78, 5) is 24.3. The van der Waals surface area contributed by atoms with Gasteiger partial charge < -0.3 is 5.11 Å². The lowest BCUT2D eigenvalue weighted by Gasteiger charge is -1.92. The molecule has 0 saturated carbocycles. The maximum absolute atomic E-state index is 10.8. The molecule has 1 heterocycles. The fourth-order valence-electron chi connectivity index (χ4n) is 0.486. The Morgan fingerprint density at radius 2 is 2.36 bits per heavy atom. The van der Waals surface area contributed by atoms with Crippen LogP contribution in [0.3, 0.4) is 0 Å². The fraction of sp³-hybridized carbons (Fsp3) is 0. The van der Waals surface area contributed by atoms with Gasteiger partial charge in [-0.3, -0.25) is 10.1 Å². The lowest BCUT2D eigenvalue weighted by Crippen LogP contribution is -2.28. The quantitative estimate of drug-likeness (QED) is 0.648. The molecule has 0 spiro atoms. The van der Waals surface area contributed by atoms with Gasteiger partial charge >= 0.3 is 6.09 Å². The van der Waals surface area contributed by atoms with Crippen LogP contribution in [0.1, 0.15) is 9.80 Å². The van der Waals surface area contributed by atoms with Crippen LogP contribution < -0.4 is 5.32 Å². The van der Waals surface area contributed by atoms with Gasteiger partial charge in [-0.15, -0.1) is 11.3 Å². The summed E-state index contributed by atoms with van der Waals surface area (Å²) >= 11 is 1.09. The van der Waals surface area contributed by atoms with Crippen LogP contribution in [0.25, 0.3) is 0 Å². The van der Waals surface area contributed by atoms with E-state index in [0.717, 1.165) is 11.3 Å². The van der Waals surface area contributed by atoms with Gasteiger partial charge in [0, 0.05) is 11.6 Å². The van der Waals surface area contributed by atoms with Crippen LogP contribution in [0.5, 0.6) is 0 Å². The summed E-state index contributed by atoms with van der Waals surface area (Å²) in [7, 11) is 0. The number of imide groups is 1. The molecule has 11 heavy (non-hydrogen) atoms. The van der Waals surface area contributed by atoms with Gasteiger partial charge in [0.25, 0.3) is 5.91 Å². The first kappa shape index (κ1) is 7.67. The molecule has 0 aliphatic carbocycles. The highest BCUT2D eigenvalue weighted by molar-refractivity contribution is 7.11. The molecular weight excluding hydrogens is 168 g/mol. The third-order valence-corrected chi connectivity index (χ3v) is 1.62. The minimum absolute atomic E-state index is 0.146. The van der Waals surface area contributed by atoms with Gasteiger partial charge in [-0.1, -0.05) is 0 Å². The van der Waals surface area contributed by atoms with Crippen molar-refractivity contribution in [3.8, 4) is 0 Å². The molecule has 0 radical (unpaired) electrons. The van der Waals surface area contributed by atoms with Crippen LogP contribution >= 0.6 is 11.3 Å². The molecule has 0 atom stereocenters. The molecule has 2 amide bonds. The zero-order valence-electron chi connectivity index (χ0n) is 5.27. The number of hydrogen-bond donors (Lipinski definition) is 2. The predicted molar refractivity (Wildman–Crippen MR) is 37.6 cm³/mol. The number of nitrogens with one attached hydrogen (secondary N) is 1. The topological polar surface area (TPSA) is 79.3 Å². The number of nitrogens with zero attached hydrogens (tertiary/aromatic N) is 1. The summed E-state index contributed by atoms with van der Waals surface area (Å²) in [5, 5.41) is 11.5. The summed E-state index contributed by atoms with van der Waals surface area (Å²) in [6, 6.07) is 0. The Morgan fingerprint density at radius 1 is 1.64 bits per heavy atom. The number of carboxylic acid groups (broad SMARTS) is 1. The number of thiazole rings is 1. The maximum Gasteiger partial charge on any atom is 0.411 e. The van der Waals surface area contributed by atoms with Crippen molar-refractivity contribution >= 4 is 23.3 Å². The highest BCUT2D eigenvalue weighted by atomic mass is 32.1. The third kappa shape index (κ3) is 2.01. The third-order valence-electron chi connectivity index (χ3n) is 0.847. The molecule has 1 aromatic rings. The number of amides is 2. The summed E-state index contributed by atoms with van der Waals surface area (Å²) < 4.78 is 0. The van der Waals surface area contributed by atoms with E-state index >= 15 is 0 Å². The molecule has 0 aromatic carbocycles. The van der Waals surface area contributed by atoms with Crippen molar-refractivity contribution < 1.29 is 14.7 Å². The zero-order valence-corrected chi connectivity index (χ0v) is 6.09. The summed E-state index contributed by atoms with van der Waals surface area (Å²) in [5.74, 6) is -0.687. The second-order valence-electron chi connectivity index (χ2n) is 1.60. The molecule has 1 rings (SSSR count). The molecule has 5 nitrogen and oxygen atoms in total. The SMILES string of the molecule is O=C(O)NC(=O)c1nccs1. The van der Waals surface area contributed by atoms with E-state index in [2.05, 4.69) is 4.98 Å². The molecule has 0 unspecified atom stereocenters. The average Bonchev–Trinajstić information content (AvgIpc) is 2.35. The van der Waals surface area contributed by atoms with E-state index in [1.54, 1.807) is 10.7 Å². The molecule has 6 heteroatoms. The van der Waals surface area contributed by atoms with Gasteiger partial charge in [-0.2, -0.15) is 0 Å². The molecule has 2 N–H and O–H groups in total. The van der Waals surface area contributed by atoms with Crippen LogP contribution in [0.15, 0.2) is 11.6 Å². The Kier molecular flexibility index (Phi) is 2.17. The molecule has 0 saturated heterocycles. The fourth-order valence-corrected chi connectivity index (χ4v) is 1.02. The molecule has 0 bridgehead atoms. The normalized spacial score (nSPS) is 9.09. The van der Waals surface area contributed by atoms with E-state index in [-0.39, 0.29) is 5.01 Å². The van der Waals surface area contributed by atoms with Gasteiger partial charge in [-0.25, -0.2) is 9.78 Å². The number of hydrogen-bond acceptors (Lipinski definition) is 4. The molecule has 0 fully saturated rings. The highest BCUT2D eigenvalue weighted by Crippen LogP contribution is 2.02. The minimum atomic E-state index is -1.37. The van der Waals surface area contributed by atoms with Crippen molar-refractivity contribution in [2.45, 2.75) is 0 Å². The molecule has 0 aliphatic heterocycles. The average molecular weight is 172 g/mol. The number of carbonyl (C=O) groups excluding carboxylic acids is 1. The van der Waals surface area contributed by atoms with Gasteiger partial charge in [0.1, 0.15) is 0 Å². The number of carbonyl (C=O) groups is 2. The van der Waals surface area contributed by atoms with E-state index in [4.69, 9.17) is 5.11 Å². The van der Waals surface area contributed by atoms with Crippen LogP contribution in [0.4, 0.5) is 4.79 Å². The van der Waals surface area contributed by atoms with Crippen LogP contribution in [0.2, 0.25) is 0 Å². The van der Waals surface area contributed by atoms with E-state index < -0.39 is 12.0 Å². The summed E-state index contributed by atoms with van der Waals surface area (Å²) in [6.07, 6.45) is 0.0618. The monoisotopic (exact) mass is 172 g/mol. The molecular formula is C5H4N2O3S. The zero-order chi connectivity index (χ0) is 8.27. The van der Waals surface area contributed by atoms with Crippen molar-refractivity contribution in [1.82, 2.24) is 10.3 Å². The number of aromatic nitrogens is 1. The smallest absolute Gasteiger partial charge is 0.411 e. The van der Waals surface area contributed by atoms with E-state index in [0.29, 0.717) is 0 Å². The van der Waals surface area contributed by atoms with Crippen LogP contribution in [0, 0.1) is 0 Å².